The second-order valence-corrected chi connectivity index (χ2v) is 8.85. The zero-order chi connectivity index (χ0) is 23.4. The molecule has 3 unspecified atom stereocenters. The van der Waals surface area contributed by atoms with E-state index in [1.807, 2.05) is 30.3 Å². The van der Waals surface area contributed by atoms with E-state index in [2.05, 4.69) is 20.9 Å². The van der Waals surface area contributed by atoms with Crippen molar-refractivity contribution in [1.82, 2.24) is 20.9 Å². The van der Waals surface area contributed by atoms with Gasteiger partial charge in [-0.05, 0) is 36.6 Å². The Morgan fingerprint density at radius 1 is 1.18 bits per heavy atom. The van der Waals surface area contributed by atoms with Gasteiger partial charge in [-0.15, -0.1) is 0 Å². The number of halogens is 2. The topological polar surface area (TPSA) is 90.5 Å². The zero-order valence-corrected chi connectivity index (χ0v) is 18.8. The van der Waals surface area contributed by atoms with Crippen molar-refractivity contribution in [2.24, 2.45) is 0 Å². The molecule has 2 aliphatic heterocycles. The number of fused-ring (bicyclic) bond motifs is 1. The lowest BCUT2D eigenvalue weighted by molar-refractivity contribution is -0.129. The minimum atomic E-state index is -0.585. The molecule has 174 valence electrons. The van der Waals surface area contributed by atoms with E-state index in [9.17, 15) is 18.8 Å². The Balaban J connectivity index is 1.30. The van der Waals surface area contributed by atoms with Crippen molar-refractivity contribution in [3.8, 4) is 0 Å². The van der Waals surface area contributed by atoms with Crippen molar-refractivity contribution in [1.29, 1.82) is 0 Å². The van der Waals surface area contributed by atoms with Gasteiger partial charge in [-0.2, -0.15) is 0 Å². The van der Waals surface area contributed by atoms with E-state index in [4.69, 9.17) is 11.6 Å². The minimum absolute atomic E-state index is 0.0114. The van der Waals surface area contributed by atoms with Gasteiger partial charge in [0.25, 0.3) is 5.91 Å². The van der Waals surface area contributed by atoms with Gasteiger partial charge in [0.15, 0.2) is 0 Å². The number of benzene rings is 2. The predicted octanol–water partition coefficient (Wildman–Crippen LogP) is 2.25. The van der Waals surface area contributed by atoms with Crippen LogP contribution in [-0.4, -0.2) is 53.8 Å². The Labute approximate surface area is 196 Å². The van der Waals surface area contributed by atoms with Crippen LogP contribution in [0.5, 0.6) is 0 Å². The first-order valence-corrected chi connectivity index (χ1v) is 11.4. The summed E-state index contributed by atoms with van der Waals surface area (Å²) in [5.74, 6) is -1.05. The first kappa shape index (κ1) is 23.2. The maximum atomic E-state index is 13.4. The number of hydrogen-bond donors (Lipinski definition) is 3. The van der Waals surface area contributed by atoms with Gasteiger partial charge in [-0.3, -0.25) is 19.3 Å². The van der Waals surface area contributed by atoms with Gasteiger partial charge in [0.2, 0.25) is 11.8 Å². The molecule has 0 saturated carbocycles. The summed E-state index contributed by atoms with van der Waals surface area (Å²) in [7, 11) is 0. The Hall–Kier alpha value is -2.97. The Kier molecular flexibility index (Phi) is 7.25. The highest BCUT2D eigenvalue weighted by Crippen LogP contribution is 2.26. The van der Waals surface area contributed by atoms with Crippen molar-refractivity contribution in [3.63, 3.8) is 0 Å². The molecule has 33 heavy (non-hydrogen) atoms. The number of amides is 3. The molecule has 3 N–H and O–H groups in total. The normalized spacial score (nSPS) is 22.4. The third kappa shape index (κ3) is 5.69. The van der Waals surface area contributed by atoms with Crippen molar-refractivity contribution in [2.75, 3.05) is 13.1 Å². The highest BCUT2D eigenvalue weighted by molar-refractivity contribution is 6.31. The van der Waals surface area contributed by atoms with Crippen LogP contribution in [0.15, 0.2) is 48.5 Å². The lowest BCUT2D eigenvalue weighted by atomic mass is 10.0. The van der Waals surface area contributed by atoms with Crippen LogP contribution >= 0.6 is 11.6 Å². The maximum Gasteiger partial charge on any atom is 0.251 e. The van der Waals surface area contributed by atoms with Crippen LogP contribution in [0.25, 0.3) is 0 Å². The number of hydrogen-bond acceptors (Lipinski definition) is 4. The molecule has 0 aromatic heterocycles. The molecular formula is C24H26ClFN4O3. The standard InChI is InChI=1S/C24H26ClFN4O3/c25-19-10-16(6-8-20(19)26)23(32)29-17-11-21-24(33)28-13-18(30(21)14-17)7-9-22(31)27-12-15-4-2-1-3-5-15/h1-6,8,10,17-18,21H,7,9,11-14H2,(H,27,31)(H,28,33)(H,29,32). The molecule has 7 nitrogen and oxygen atoms in total. The van der Waals surface area contributed by atoms with Gasteiger partial charge < -0.3 is 16.0 Å². The number of rotatable bonds is 7. The first-order chi connectivity index (χ1) is 15.9. The van der Waals surface area contributed by atoms with Crippen LogP contribution in [0, 0.1) is 5.82 Å². The largest absolute Gasteiger partial charge is 0.353 e. The van der Waals surface area contributed by atoms with Gasteiger partial charge in [-0.1, -0.05) is 41.9 Å². The number of nitrogens with one attached hydrogen (secondary N) is 3. The summed E-state index contributed by atoms with van der Waals surface area (Å²) < 4.78 is 13.4. The van der Waals surface area contributed by atoms with E-state index in [1.54, 1.807) is 0 Å². The van der Waals surface area contributed by atoms with E-state index in [1.165, 1.54) is 12.1 Å². The molecule has 0 aliphatic carbocycles. The molecule has 4 rings (SSSR count). The van der Waals surface area contributed by atoms with Crippen molar-refractivity contribution < 1.29 is 18.8 Å². The van der Waals surface area contributed by atoms with E-state index >= 15 is 0 Å². The molecule has 2 aromatic rings. The second kappa shape index (κ2) is 10.3. The van der Waals surface area contributed by atoms with Crippen molar-refractivity contribution >= 4 is 29.3 Å². The van der Waals surface area contributed by atoms with E-state index in [-0.39, 0.29) is 46.4 Å². The quantitative estimate of drug-likeness (QED) is 0.576. The van der Waals surface area contributed by atoms with Crippen LogP contribution in [0.4, 0.5) is 4.39 Å². The Bertz CT molecular complexity index is 1040. The summed E-state index contributed by atoms with van der Waals surface area (Å²) in [6.07, 6.45) is 1.43. The summed E-state index contributed by atoms with van der Waals surface area (Å²) >= 11 is 5.78. The highest BCUT2D eigenvalue weighted by Gasteiger charge is 2.43. The molecule has 3 atom stereocenters. The molecule has 0 spiro atoms. The van der Waals surface area contributed by atoms with E-state index < -0.39 is 5.82 Å². The number of nitrogens with zero attached hydrogens (tertiary/aromatic N) is 1. The summed E-state index contributed by atoms with van der Waals surface area (Å²) in [6, 6.07) is 13.0. The lowest BCUT2D eigenvalue weighted by Gasteiger charge is -2.37. The highest BCUT2D eigenvalue weighted by atomic mass is 35.5. The van der Waals surface area contributed by atoms with Crippen LogP contribution < -0.4 is 16.0 Å². The number of piperazine rings is 1. The smallest absolute Gasteiger partial charge is 0.251 e. The Morgan fingerprint density at radius 2 is 1.97 bits per heavy atom. The van der Waals surface area contributed by atoms with Crippen molar-refractivity contribution in [3.05, 3.63) is 70.5 Å². The fraction of sp³-hybridized carbons (Fsp3) is 0.375. The third-order valence-corrected chi connectivity index (χ3v) is 6.47. The molecule has 0 bridgehead atoms. The SMILES string of the molecule is O=C(CCC1CNC(=O)C2CC(NC(=O)c3ccc(F)c(Cl)c3)CN12)NCc1ccccc1. The molecule has 3 amide bonds. The van der Waals surface area contributed by atoms with Gasteiger partial charge in [0, 0.05) is 43.7 Å². The van der Waals surface area contributed by atoms with Crippen LogP contribution in [-0.2, 0) is 16.1 Å². The summed E-state index contributed by atoms with van der Waals surface area (Å²) in [4.78, 5) is 39.4. The van der Waals surface area contributed by atoms with Crippen LogP contribution in [0.3, 0.4) is 0 Å². The number of carbonyl (C=O) groups excluding carboxylic acids is 3. The van der Waals surface area contributed by atoms with Gasteiger partial charge in [0.1, 0.15) is 5.82 Å². The van der Waals surface area contributed by atoms with Crippen molar-refractivity contribution in [2.45, 2.75) is 43.9 Å². The fourth-order valence-corrected chi connectivity index (χ4v) is 4.62. The minimum Gasteiger partial charge on any atom is -0.353 e. The fourth-order valence-electron chi connectivity index (χ4n) is 4.44. The maximum absolute atomic E-state index is 13.4. The molecule has 0 radical (unpaired) electrons. The molecular weight excluding hydrogens is 447 g/mol. The summed E-state index contributed by atoms with van der Waals surface area (Å²) in [6.45, 7) is 1.46. The molecule has 2 aliphatic rings. The van der Waals surface area contributed by atoms with Crippen LogP contribution in [0.1, 0.15) is 35.2 Å². The third-order valence-electron chi connectivity index (χ3n) is 6.18. The van der Waals surface area contributed by atoms with Gasteiger partial charge in [-0.25, -0.2) is 4.39 Å². The first-order valence-electron chi connectivity index (χ1n) is 11.0. The zero-order valence-electron chi connectivity index (χ0n) is 18.0. The molecule has 2 aromatic carbocycles. The molecule has 9 heteroatoms. The molecule has 2 saturated heterocycles. The number of carbonyl (C=O) groups is 3. The average molecular weight is 473 g/mol. The molecule has 2 heterocycles. The second-order valence-electron chi connectivity index (χ2n) is 8.45. The predicted molar refractivity (Wildman–Crippen MR) is 122 cm³/mol. The van der Waals surface area contributed by atoms with Gasteiger partial charge in [0.05, 0.1) is 11.1 Å². The van der Waals surface area contributed by atoms with Crippen LogP contribution in [0.2, 0.25) is 5.02 Å². The molecule has 2 fully saturated rings. The van der Waals surface area contributed by atoms with E-state index in [0.29, 0.717) is 38.9 Å². The summed E-state index contributed by atoms with van der Waals surface area (Å²) in [5, 5.41) is 8.66. The summed E-state index contributed by atoms with van der Waals surface area (Å²) in [5.41, 5.74) is 1.30. The van der Waals surface area contributed by atoms with E-state index in [0.717, 1.165) is 11.6 Å². The Morgan fingerprint density at radius 3 is 2.73 bits per heavy atom. The lowest BCUT2D eigenvalue weighted by Crippen LogP contribution is -2.58. The average Bonchev–Trinajstić information content (AvgIpc) is 3.24. The monoisotopic (exact) mass is 472 g/mol. The van der Waals surface area contributed by atoms with Gasteiger partial charge >= 0.3 is 0 Å².